The molecule has 6 heteroatoms. The lowest BCUT2D eigenvalue weighted by Gasteiger charge is -2.16. The number of hydrogen-bond acceptors (Lipinski definition) is 5. The molecule has 1 aliphatic rings. The summed E-state index contributed by atoms with van der Waals surface area (Å²) in [6.45, 7) is 5.30. The largest absolute Gasteiger partial charge is 0.491 e. The zero-order chi connectivity index (χ0) is 14.7. The Labute approximate surface area is 128 Å². The van der Waals surface area contributed by atoms with Crippen molar-refractivity contribution >= 4 is 11.6 Å². The van der Waals surface area contributed by atoms with Gasteiger partial charge in [0.15, 0.2) is 5.82 Å². The summed E-state index contributed by atoms with van der Waals surface area (Å²) in [5, 5.41) is 4.50. The Balaban J connectivity index is 1.46. The van der Waals surface area contributed by atoms with Crippen molar-refractivity contribution in [1.82, 2.24) is 15.0 Å². The van der Waals surface area contributed by atoms with E-state index in [-0.39, 0.29) is 0 Å². The van der Waals surface area contributed by atoms with E-state index < -0.39 is 0 Å². The molecule has 0 amide bonds. The molecule has 0 spiro atoms. The number of aryl methyl sites for hydroxylation is 1. The fourth-order valence-corrected chi connectivity index (χ4v) is 2.75. The smallest absolute Gasteiger partial charge is 0.231 e. The van der Waals surface area contributed by atoms with Crippen LogP contribution in [0.1, 0.15) is 24.1 Å². The summed E-state index contributed by atoms with van der Waals surface area (Å²) >= 11 is 6.06. The van der Waals surface area contributed by atoms with Crippen LogP contribution in [0.15, 0.2) is 28.8 Å². The van der Waals surface area contributed by atoms with E-state index in [1.807, 2.05) is 31.2 Å². The van der Waals surface area contributed by atoms with E-state index in [0.717, 1.165) is 37.7 Å². The van der Waals surface area contributed by atoms with Crippen LogP contribution < -0.4 is 4.74 Å². The van der Waals surface area contributed by atoms with Gasteiger partial charge in [-0.1, -0.05) is 28.9 Å². The molecule has 0 bridgehead atoms. The van der Waals surface area contributed by atoms with E-state index in [0.29, 0.717) is 23.4 Å². The molecule has 0 N–H and O–H groups in total. The zero-order valence-electron chi connectivity index (χ0n) is 12.0. The van der Waals surface area contributed by atoms with Crippen LogP contribution in [0.25, 0.3) is 0 Å². The molecule has 0 aliphatic carbocycles. The Hall–Kier alpha value is -1.59. The summed E-state index contributed by atoms with van der Waals surface area (Å²) in [7, 11) is 0. The second-order valence-corrected chi connectivity index (χ2v) is 5.65. The Kier molecular flexibility index (Phi) is 4.41. The molecule has 0 saturated carbocycles. The van der Waals surface area contributed by atoms with E-state index in [1.165, 1.54) is 0 Å². The van der Waals surface area contributed by atoms with Gasteiger partial charge >= 0.3 is 0 Å². The number of likely N-dealkylation sites (tertiary alicyclic amines) is 1. The van der Waals surface area contributed by atoms with Crippen LogP contribution >= 0.6 is 11.6 Å². The minimum Gasteiger partial charge on any atom is -0.491 e. The van der Waals surface area contributed by atoms with E-state index in [2.05, 4.69) is 15.0 Å². The minimum absolute atomic E-state index is 0.339. The SMILES string of the molecule is Cc1noc([C@H]2CCN(CCOc3ccccc3Cl)C2)n1. The van der Waals surface area contributed by atoms with E-state index in [4.69, 9.17) is 20.9 Å². The lowest BCUT2D eigenvalue weighted by Crippen LogP contribution is -2.26. The molecule has 112 valence electrons. The molecule has 1 aromatic heterocycles. The van der Waals surface area contributed by atoms with Crippen molar-refractivity contribution < 1.29 is 9.26 Å². The second kappa shape index (κ2) is 6.45. The van der Waals surface area contributed by atoms with Gasteiger partial charge in [0.25, 0.3) is 0 Å². The minimum atomic E-state index is 0.339. The first-order chi connectivity index (χ1) is 10.2. The van der Waals surface area contributed by atoms with Gasteiger partial charge in [-0.2, -0.15) is 4.98 Å². The summed E-state index contributed by atoms with van der Waals surface area (Å²) in [5.74, 6) is 2.53. The second-order valence-electron chi connectivity index (χ2n) is 5.24. The number of halogens is 1. The summed E-state index contributed by atoms with van der Waals surface area (Å²) < 4.78 is 11.0. The van der Waals surface area contributed by atoms with Crippen LogP contribution in [0.3, 0.4) is 0 Å². The van der Waals surface area contributed by atoms with Gasteiger partial charge in [0.1, 0.15) is 12.4 Å². The Morgan fingerprint density at radius 1 is 1.43 bits per heavy atom. The first kappa shape index (κ1) is 14.4. The standard InChI is InChI=1S/C15H18ClN3O2/c1-11-17-15(21-18-11)12-6-7-19(10-12)8-9-20-14-5-3-2-4-13(14)16/h2-5,12H,6-10H2,1H3/t12-/m0/s1. The number of benzene rings is 1. The maximum Gasteiger partial charge on any atom is 0.231 e. The quantitative estimate of drug-likeness (QED) is 0.850. The Morgan fingerprint density at radius 2 is 2.29 bits per heavy atom. The number of nitrogens with zero attached hydrogens (tertiary/aromatic N) is 3. The molecule has 3 rings (SSSR count). The average molecular weight is 308 g/mol. The number of rotatable bonds is 5. The molecule has 0 radical (unpaired) electrons. The highest BCUT2D eigenvalue weighted by atomic mass is 35.5. The fourth-order valence-electron chi connectivity index (χ4n) is 2.56. The van der Waals surface area contributed by atoms with Gasteiger partial charge in [0.05, 0.1) is 10.9 Å². The molecule has 0 unspecified atom stereocenters. The van der Waals surface area contributed by atoms with Gasteiger partial charge in [-0.25, -0.2) is 0 Å². The van der Waals surface area contributed by atoms with Gasteiger partial charge < -0.3 is 9.26 Å². The normalized spacial score (nSPS) is 19.0. The van der Waals surface area contributed by atoms with Gasteiger partial charge in [0.2, 0.25) is 5.89 Å². The lowest BCUT2D eigenvalue weighted by molar-refractivity contribution is 0.233. The molecule has 2 aromatic rings. The molecule has 1 fully saturated rings. The van der Waals surface area contributed by atoms with Crippen LogP contribution in [-0.4, -0.2) is 41.3 Å². The maximum atomic E-state index is 6.06. The van der Waals surface area contributed by atoms with Crippen LogP contribution in [0.4, 0.5) is 0 Å². The average Bonchev–Trinajstić information content (AvgIpc) is 3.10. The van der Waals surface area contributed by atoms with Gasteiger partial charge in [-0.15, -0.1) is 0 Å². The third-order valence-corrected chi connectivity index (χ3v) is 3.98. The summed E-state index contributed by atoms with van der Waals surface area (Å²) in [5.41, 5.74) is 0. The van der Waals surface area contributed by atoms with Crippen LogP contribution in [0, 0.1) is 6.92 Å². The van der Waals surface area contributed by atoms with Gasteiger partial charge in [0, 0.05) is 13.1 Å². The maximum absolute atomic E-state index is 6.06. The predicted molar refractivity (Wildman–Crippen MR) is 79.8 cm³/mol. The van der Waals surface area contributed by atoms with Crippen molar-refractivity contribution in [3.05, 3.63) is 41.0 Å². The van der Waals surface area contributed by atoms with Gasteiger partial charge in [-0.05, 0) is 32.0 Å². The summed E-state index contributed by atoms with van der Waals surface area (Å²) in [4.78, 5) is 6.66. The molecule has 1 aromatic carbocycles. The van der Waals surface area contributed by atoms with Crippen molar-refractivity contribution in [2.45, 2.75) is 19.3 Å². The monoisotopic (exact) mass is 307 g/mol. The molecule has 5 nitrogen and oxygen atoms in total. The van der Waals surface area contributed by atoms with Crippen molar-refractivity contribution in [3.63, 3.8) is 0 Å². The molecular formula is C15H18ClN3O2. The number of hydrogen-bond donors (Lipinski definition) is 0. The van der Waals surface area contributed by atoms with Crippen molar-refractivity contribution in [1.29, 1.82) is 0 Å². The van der Waals surface area contributed by atoms with Crippen molar-refractivity contribution in [2.24, 2.45) is 0 Å². The van der Waals surface area contributed by atoms with Crippen molar-refractivity contribution in [2.75, 3.05) is 26.2 Å². The fraction of sp³-hybridized carbons (Fsp3) is 0.467. The van der Waals surface area contributed by atoms with Crippen molar-refractivity contribution in [3.8, 4) is 5.75 Å². The predicted octanol–water partition coefficient (Wildman–Crippen LogP) is 2.90. The molecular weight excluding hydrogens is 290 g/mol. The van der Waals surface area contributed by atoms with Crippen LogP contribution in [-0.2, 0) is 0 Å². The molecule has 1 saturated heterocycles. The third-order valence-electron chi connectivity index (χ3n) is 3.67. The Morgan fingerprint density at radius 3 is 3.05 bits per heavy atom. The third kappa shape index (κ3) is 3.54. The summed E-state index contributed by atoms with van der Waals surface area (Å²) in [6, 6.07) is 7.54. The highest BCUT2D eigenvalue weighted by molar-refractivity contribution is 6.32. The Bertz CT molecular complexity index is 602. The molecule has 21 heavy (non-hydrogen) atoms. The first-order valence-electron chi connectivity index (χ1n) is 7.12. The zero-order valence-corrected chi connectivity index (χ0v) is 12.7. The van der Waals surface area contributed by atoms with Crippen LogP contribution in [0.5, 0.6) is 5.75 Å². The number of aromatic nitrogens is 2. The molecule has 1 aliphatic heterocycles. The highest BCUT2D eigenvalue weighted by Crippen LogP contribution is 2.26. The molecule has 2 heterocycles. The first-order valence-corrected chi connectivity index (χ1v) is 7.50. The van der Waals surface area contributed by atoms with E-state index in [9.17, 15) is 0 Å². The highest BCUT2D eigenvalue weighted by Gasteiger charge is 2.27. The van der Waals surface area contributed by atoms with E-state index in [1.54, 1.807) is 0 Å². The topological polar surface area (TPSA) is 51.4 Å². The van der Waals surface area contributed by atoms with E-state index >= 15 is 0 Å². The number of ether oxygens (including phenoxy) is 1. The molecule has 1 atom stereocenters. The number of para-hydroxylation sites is 1. The summed E-state index contributed by atoms with van der Waals surface area (Å²) in [6.07, 6.45) is 1.05. The van der Waals surface area contributed by atoms with Crippen LogP contribution in [0.2, 0.25) is 5.02 Å². The van der Waals surface area contributed by atoms with Gasteiger partial charge in [-0.3, -0.25) is 4.90 Å². The lowest BCUT2D eigenvalue weighted by atomic mass is 10.1.